The molecule has 0 amide bonds. The summed E-state index contributed by atoms with van der Waals surface area (Å²) in [4.78, 5) is 11.7. The van der Waals surface area contributed by atoms with E-state index in [0.29, 0.717) is 23.0 Å². The lowest BCUT2D eigenvalue weighted by molar-refractivity contribution is 0.0526. The fourth-order valence-corrected chi connectivity index (χ4v) is 2.17. The first-order valence-corrected chi connectivity index (χ1v) is 7.52. The predicted molar refractivity (Wildman–Crippen MR) is 95.2 cm³/mol. The molecule has 2 aromatic rings. The molecule has 2 N–H and O–H groups in total. The number of hydrogen-bond donors (Lipinski definition) is 2. The fraction of sp³-hybridized carbons (Fsp3) is 0.176. The van der Waals surface area contributed by atoms with Gasteiger partial charge in [0.2, 0.25) is 0 Å². The molecule has 0 fully saturated rings. The maximum absolute atomic E-state index is 11.7. The van der Waals surface area contributed by atoms with Gasteiger partial charge in [-0.05, 0) is 49.5 Å². The molecule has 0 aromatic heterocycles. The first-order valence-electron chi connectivity index (χ1n) is 7.11. The Balaban J connectivity index is 2.02. The normalized spacial score (nSPS) is 9.83. The van der Waals surface area contributed by atoms with Gasteiger partial charge in [-0.25, -0.2) is 4.79 Å². The highest BCUT2D eigenvalue weighted by molar-refractivity contribution is 7.80. The van der Waals surface area contributed by atoms with Gasteiger partial charge in [-0.2, -0.15) is 0 Å². The zero-order chi connectivity index (χ0) is 16.7. The molecule has 2 rings (SSSR count). The second-order valence-electron chi connectivity index (χ2n) is 4.61. The molecule has 5 nitrogen and oxygen atoms in total. The number of benzene rings is 2. The van der Waals surface area contributed by atoms with Crippen LogP contribution in [0, 0.1) is 0 Å². The minimum Gasteiger partial charge on any atom is -0.497 e. The summed E-state index contributed by atoms with van der Waals surface area (Å²) in [5.74, 6) is 0.380. The van der Waals surface area contributed by atoms with E-state index in [1.54, 1.807) is 32.2 Å². The molecule has 0 aliphatic carbocycles. The number of anilines is 2. The van der Waals surface area contributed by atoms with Crippen LogP contribution in [-0.4, -0.2) is 24.8 Å². The average molecular weight is 330 g/mol. The summed E-state index contributed by atoms with van der Waals surface area (Å²) in [6, 6.07) is 14.4. The lowest BCUT2D eigenvalue weighted by Gasteiger charge is -2.12. The minimum absolute atomic E-state index is 0.340. The van der Waals surface area contributed by atoms with Crippen molar-refractivity contribution in [1.29, 1.82) is 0 Å². The maximum atomic E-state index is 11.7. The van der Waals surface area contributed by atoms with Gasteiger partial charge in [-0.1, -0.05) is 12.1 Å². The van der Waals surface area contributed by atoms with Gasteiger partial charge >= 0.3 is 5.97 Å². The zero-order valence-corrected chi connectivity index (χ0v) is 13.8. The molecule has 0 aliphatic rings. The number of esters is 1. The molecule has 2 aromatic carbocycles. The van der Waals surface area contributed by atoms with Gasteiger partial charge < -0.3 is 20.1 Å². The van der Waals surface area contributed by atoms with E-state index in [1.165, 1.54) is 0 Å². The summed E-state index contributed by atoms with van der Waals surface area (Å²) < 4.78 is 10.1. The number of nitrogens with one attached hydrogen (secondary N) is 2. The fourth-order valence-electron chi connectivity index (χ4n) is 1.93. The molecule has 23 heavy (non-hydrogen) atoms. The van der Waals surface area contributed by atoms with Gasteiger partial charge in [0, 0.05) is 17.4 Å². The second kappa shape index (κ2) is 8.14. The SMILES string of the molecule is CCOC(=O)c1cccc(NC(=S)Nc2cccc(OC)c2)c1. The van der Waals surface area contributed by atoms with Gasteiger partial charge in [0.15, 0.2) is 5.11 Å². The van der Waals surface area contributed by atoms with Crippen molar-refractivity contribution in [3.8, 4) is 5.75 Å². The molecule has 0 bridgehead atoms. The van der Waals surface area contributed by atoms with Crippen LogP contribution in [0.4, 0.5) is 11.4 Å². The van der Waals surface area contributed by atoms with E-state index in [-0.39, 0.29) is 5.97 Å². The molecule has 0 saturated carbocycles. The number of rotatable bonds is 5. The van der Waals surface area contributed by atoms with Crippen LogP contribution in [0.1, 0.15) is 17.3 Å². The third-order valence-electron chi connectivity index (χ3n) is 2.96. The molecule has 0 atom stereocenters. The van der Waals surface area contributed by atoms with Crippen LogP contribution >= 0.6 is 12.2 Å². The Morgan fingerprint density at radius 3 is 2.39 bits per heavy atom. The predicted octanol–water partition coefficient (Wildman–Crippen LogP) is 3.68. The van der Waals surface area contributed by atoms with Crippen molar-refractivity contribution in [2.45, 2.75) is 6.92 Å². The highest BCUT2D eigenvalue weighted by Crippen LogP contribution is 2.17. The van der Waals surface area contributed by atoms with Crippen molar-refractivity contribution in [2.24, 2.45) is 0 Å². The summed E-state index contributed by atoms with van der Waals surface area (Å²) in [5, 5.41) is 6.52. The summed E-state index contributed by atoms with van der Waals surface area (Å²) in [5.41, 5.74) is 1.99. The standard InChI is InChI=1S/C17H18N2O3S/c1-3-22-16(20)12-6-4-7-13(10-12)18-17(23)19-14-8-5-9-15(11-14)21-2/h4-11H,3H2,1-2H3,(H2,18,19,23). The smallest absolute Gasteiger partial charge is 0.338 e. The average Bonchev–Trinajstić information content (AvgIpc) is 2.55. The molecule has 0 radical (unpaired) electrons. The van der Waals surface area contributed by atoms with Crippen LogP contribution in [0.5, 0.6) is 5.75 Å². The van der Waals surface area contributed by atoms with Crippen LogP contribution in [0.15, 0.2) is 48.5 Å². The van der Waals surface area contributed by atoms with E-state index >= 15 is 0 Å². The first kappa shape index (κ1) is 16.8. The van der Waals surface area contributed by atoms with Crippen molar-refractivity contribution < 1.29 is 14.3 Å². The molecular weight excluding hydrogens is 312 g/mol. The maximum Gasteiger partial charge on any atom is 0.338 e. The monoisotopic (exact) mass is 330 g/mol. The Hall–Kier alpha value is -2.60. The van der Waals surface area contributed by atoms with E-state index in [1.807, 2.05) is 30.3 Å². The van der Waals surface area contributed by atoms with E-state index < -0.39 is 0 Å². The largest absolute Gasteiger partial charge is 0.497 e. The molecule has 0 saturated heterocycles. The minimum atomic E-state index is -0.358. The number of methoxy groups -OCH3 is 1. The van der Waals surface area contributed by atoms with Gasteiger partial charge in [0.05, 0.1) is 19.3 Å². The van der Waals surface area contributed by atoms with Crippen molar-refractivity contribution in [3.05, 3.63) is 54.1 Å². The van der Waals surface area contributed by atoms with Crippen molar-refractivity contribution >= 4 is 34.7 Å². The third kappa shape index (κ3) is 4.96. The molecular formula is C17H18N2O3S. The van der Waals surface area contributed by atoms with E-state index in [4.69, 9.17) is 21.7 Å². The van der Waals surface area contributed by atoms with Gasteiger partial charge in [-0.3, -0.25) is 0 Å². The molecule has 6 heteroatoms. The lowest BCUT2D eigenvalue weighted by atomic mass is 10.2. The topological polar surface area (TPSA) is 59.6 Å². The van der Waals surface area contributed by atoms with Crippen LogP contribution in [0.3, 0.4) is 0 Å². The molecule has 0 unspecified atom stereocenters. The Morgan fingerprint density at radius 2 is 1.74 bits per heavy atom. The van der Waals surface area contributed by atoms with Crippen molar-refractivity contribution in [1.82, 2.24) is 0 Å². The summed E-state index contributed by atoms with van der Waals surface area (Å²) in [7, 11) is 1.61. The summed E-state index contributed by atoms with van der Waals surface area (Å²) >= 11 is 5.28. The number of carbonyl (C=O) groups excluding carboxylic acids is 1. The van der Waals surface area contributed by atoms with E-state index in [9.17, 15) is 4.79 Å². The summed E-state index contributed by atoms with van der Waals surface area (Å²) in [6.07, 6.45) is 0. The highest BCUT2D eigenvalue weighted by Gasteiger charge is 2.07. The number of thiocarbonyl (C=S) groups is 1. The second-order valence-corrected chi connectivity index (χ2v) is 5.02. The van der Waals surface area contributed by atoms with Crippen molar-refractivity contribution in [2.75, 3.05) is 24.4 Å². The number of ether oxygens (including phenoxy) is 2. The number of carbonyl (C=O) groups is 1. The van der Waals surface area contributed by atoms with Gasteiger partial charge in [0.25, 0.3) is 0 Å². The Morgan fingerprint density at radius 1 is 1.09 bits per heavy atom. The Labute approximate surface area is 140 Å². The van der Waals surface area contributed by atoms with Crippen LogP contribution in [0.2, 0.25) is 0 Å². The summed E-state index contributed by atoms with van der Waals surface area (Å²) in [6.45, 7) is 2.11. The molecule has 0 spiro atoms. The van der Waals surface area contributed by atoms with Gasteiger partial charge in [-0.15, -0.1) is 0 Å². The molecule has 120 valence electrons. The Bertz CT molecular complexity index is 704. The van der Waals surface area contributed by atoms with Gasteiger partial charge in [0.1, 0.15) is 5.75 Å². The third-order valence-corrected chi connectivity index (χ3v) is 3.16. The zero-order valence-electron chi connectivity index (χ0n) is 13.0. The Kier molecular flexibility index (Phi) is 5.94. The van der Waals surface area contributed by atoms with E-state index in [0.717, 1.165) is 11.4 Å². The highest BCUT2D eigenvalue weighted by atomic mass is 32.1. The molecule has 0 heterocycles. The van der Waals surface area contributed by atoms with Crippen LogP contribution in [0.25, 0.3) is 0 Å². The lowest BCUT2D eigenvalue weighted by Crippen LogP contribution is -2.19. The number of hydrogen-bond acceptors (Lipinski definition) is 4. The van der Waals surface area contributed by atoms with Crippen LogP contribution in [-0.2, 0) is 4.74 Å². The molecule has 0 aliphatic heterocycles. The van der Waals surface area contributed by atoms with Crippen LogP contribution < -0.4 is 15.4 Å². The quantitative estimate of drug-likeness (QED) is 0.644. The first-order chi connectivity index (χ1) is 11.1. The van der Waals surface area contributed by atoms with Crippen molar-refractivity contribution in [3.63, 3.8) is 0 Å². The van der Waals surface area contributed by atoms with E-state index in [2.05, 4.69) is 10.6 Å².